The second-order valence-corrected chi connectivity index (χ2v) is 6.15. The number of aryl methyl sites for hydroxylation is 1. The van der Waals surface area contributed by atoms with Gasteiger partial charge in [0.1, 0.15) is 17.2 Å². The van der Waals surface area contributed by atoms with E-state index in [1.165, 1.54) is 0 Å². The van der Waals surface area contributed by atoms with Crippen LogP contribution in [0.25, 0.3) is 0 Å². The van der Waals surface area contributed by atoms with Crippen LogP contribution >= 0.6 is 0 Å². The quantitative estimate of drug-likeness (QED) is 0.629. The van der Waals surface area contributed by atoms with Gasteiger partial charge >= 0.3 is 0 Å². The van der Waals surface area contributed by atoms with E-state index in [0.29, 0.717) is 34.4 Å². The zero-order chi connectivity index (χ0) is 20.8. The van der Waals surface area contributed by atoms with Crippen molar-refractivity contribution in [1.29, 1.82) is 0 Å². The molecule has 1 heterocycles. The van der Waals surface area contributed by atoms with Crippen molar-refractivity contribution in [3.8, 4) is 17.2 Å². The summed E-state index contributed by atoms with van der Waals surface area (Å²) in [7, 11) is 4.70. The third-order valence-electron chi connectivity index (χ3n) is 4.17. The maximum Gasteiger partial charge on any atom is 0.276 e. The van der Waals surface area contributed by atoms with Crippen LogP contribution in [-0.2, 0) is 0 Å². The van der Waals surface area contributed by atoms with Crippen molar-refractivity contribution < 1.29 is 19.0 Å². The number of methoxy groups -OCH3 is 3. The normalized spacial score (nSPS) is 10.2. The van der Waals surface area contributed by atoms with Gasteiger partial charge in [-0.05, 0) is 48.9 Å². The summed E-state index contributed by atoms with van der Waals surface area (Å²) < 4.78 is 15.8. The number of hydrogen-bond acceptors (Lipinski definition) is 7. The van der Waals surface area contributed by atoms with Crippen LogP contribution in [0.3, 0.4) is 0 Å². The van der Waals surface area contributed by atoms with Crippen LogP contribution in [0.4, 0.5) is 17.2 Å². The molecule has 3 rings (SSSR count). The van der Waals surface area contributed by atoms with Gasteiger partial charge in [0.25, 0.3) is 5.91 Å². The summed E-state index contributed by atoms with van der Waals surface area (Å²) in [5.41, 5.74) is 2.45. The molecule has 0 aliphatic rings. The van der Waals surface area contributed by atoms with E-state index in [0.717, 1.165) is 5.56 Å². The molecule has 0 aliphatic heterocycles. The molecule has 0 saturated heterocycles. The van der Waals surface area contributed by atoms with Crippen LogP contribution in [0.15, 0.2) is 48.5 Å². The molecule has 0 fully saturated rings. The number of aromatic nitrogens is 2. The van der Waals surface area contributed by atoms with Gasteiger partial charge in [0.05, 0.1) is 32.7 Å². The summed E-state index contributed by atoms with van der Waals surface area (Å²) in [6.07, 6.45) is 0. The first-order valence-electron chi connectivity index (χ1n) is 8.83. The van der Waals surface area contributed by atoms with Crippen molar-refractivity contribution in [3.63, 3.8) is 0 Å². The molecular formula is C21H22N4O4. The summed E-state index contributed by atoms with van der Waals surface area (Å²) in [4.78, 5) is 12.5. The SMILES string of the molecule is COc1ccc(Nc2ccc(C(=O)Nc3cc(C)ccc3OC)nn2)c(OC)c1. The number of rotatable bonds is 7. The Bertz CT molecular complexity index is 1010. The molecule has 1 amide bonds. The second-order valence-electron chi connectivity index (χ2n) is 6.15. The number of nitrogens with one attached hydrogen (secondary N) is 2. The van der Waals surface area contributed by atoms with Crippen molar-refractivity contribution in [2.24, 2.45) is 0 Å². The second kappa shape index (κ2) is 8.92. The highest BCUT2D eigenvalue weighted by molar-refractivity contribution is 6.03. The van der Waals surface area contributed by atoms with E-state index in [1.54, 1.807) is 51.7 Å². The maximum atomic E-state index is 12.5. The Hall–Kier alpha value is -3.81. The molecule has 0 saturated carbocycles. The molecule has 2 N–H and O–H groups in total. The average molecular weight is 394 g/mol. The fourth-order valence-electron chi connectivity index (χ4n) is 2.67. The summed E-state index contributed by atoms with van der Waals surface area (Å²) in [6, 6.07) is 14.2. The molecule has 150 valence electrons. The van der Waals surface area contributed by atoms with Gasteiger partial charge in [0, 0.05) is 6.07 Å². The number of amides is 1. The zero-order valence-electron chi connectivity index (χ0n) is 16.6. The third-order valence-corrected chi connectivity index (χ3v) is 4.17. The van der Waals surface area contributed by atoms with Gasteiger partial charge in [-0.2, -0.15) is 0 Å². The van der Waals surface area contributed by atoms with Crippen LogP contribution < -0.4 is 24.8 Å². The zero-order valence-corrected chi connectivity index (χ0v) is 16.6. The minimum atomic E-state index is -0.380. The number of carbonyl (C=O) groups is 1. The van der Waals surface area contributed by atoms with Gasteiger partial charge < -0.3 is 24.8 Å². The number of benzene rings is 2. The molecule has 0 radical (unpaired) electrons. The molecule has 1 aromatic heterocycles. The van der Waals surface area contributed by atoms with E-state index in [4.69, 9.17) is 14.2 Å². The Morgan fingerprint density at radius 2 is 1.62 bits per heavy atom. The largest absolute Gasteiger partial charge is 0.497 e. The van der Waals surface area contributed by atoms with E-state index < -0.39 is 0 Å². The minimum absolute atomic E-state index is 0.181. The molecule has 3 aromatic rings. The molecule has 8 nitrogen and oxygen atoms in total. The van der Waals surface area contributed by atoms with E-state index in [-0.39, 0.29) is 11.6 Å². The van der Waals surface area contributed by atoms with Crippen molar-refractivity contribution in [1.82, 2.24) is 10.2 Å². The topological polar surface area (TPSA) is 94.6 Å². The van der Waals surface area contributed by atoms with Crippen LogP contribution in [0.2, 0.25) is 0 Å². The molecule has 0 bridgehead atoms. The Labute approximate surface area is 168 Å². The van der Waals surface area contributed by atoms with E-state index in [2.05, 4.69) is 20.8 Å². The lowest BCUT2D eigenvalue weighted by molar-refractivity contribution is 0.102. The van der Waals surface area contributed by atoms with Crippen molar-refractivity contribution >= 4 is 23.1 Å². The van der Waals surface area contributed by atoms with Crippen LogP contribution in [-0.4, -0.2) is 37.4 Å². The highest BCUT2D eigenvalue weighted by Gasteiger charge is 2.13. The number of ether oxygens (including phenoxy) is 3. The van der Waals surface area contributed by atoms with Gasteiger partial charge in [0.2, 0.25) is 0 Å². The fourth-order valence-corrected chi connectivity index (χ4v) is 2.67. The minimum Gasteiger partial charge on any atom is -0.497 e. The molecule has 0 unspecified atom stereocenters. The monoisotopic (exact) mass is 394 g/mol. The average Bonchev–Trinajstić information content (AvgIpc) is 2.74. The van der Waals surface area contributed by atoms with Crippen LogP contribution in [0, 0.1) is 6.92 Å². The number of nitrogens with zero attached hydrogens (tertiary/aromatic N) is 2. The predicted octanol–water partition coefficient (Wildman–Crippen LogP) is 3.81. The molecular weight excluding hydrogens is 372 g/mol. The lowest BCUT2D eigenvalue weighted by Gasteiger charge is -2.12. The molecule has 0 aliphatic carbocycles. The molecule has 0 spiro atoms. The summed E-state index contributed by atoms with van der Waals surface area (Å²) in [6.45, 7) is 1.93. The van der Waals surface area contributed by atoms with E-state index >= 15 is 0 Å². The lowest BCUT2D eigenvalue weighted by Crippen LogP contribution is -2.15. The smallest absolute Gasteiger partial charge is 0.276 e. The third kappa shape index (κ3) is 4.73. The standard InChI is InChI=1S/C21H22N4O4/c1-13-5-9-18(28-3)17(11-13)23-21(26)16-8-10-20(25-24-16)22-15-7-6-14(27-2)12-19(15)29-4/h5-12H,1-4H3,(H,22,25)(H,23,26). The van der Waals surface area contributed by atoms with Gasteiger partial charge in [-0.15, -0.1) is 10.2 Å². The summed E-state index contributed by atoms with van der Waals surface area (Å²) >= 11 is 0. The highest BCUT2D eigenvalue weighted by Crippen LogP contribution is 2.31. The van der Waals surface area contributed by atoms with Gasteiger partial charge in [-0.1, -0.05) is 6.07 Å². The number of hydrogen-bond donors (Lipinski definition) is 2. The van der Waals surface area contributed by atoms with E-state index in [9.17, 15) is 4.79 Å². The van der Waals surface area contributed by atoms with Crippen LogP contribution in [0.5, 0.6) is 17.2 Å². The molecule has 0 atom stereocenters. The van der Waals surface area contributed by atoms with Gasteiger partial charge in [-0.3, -0.25) is 4.79 Å². The fraction of sp³-hybridized carbons (Fsp3) is 0.190. The van der Waals surface area contributed by atoms with Crippen molar-refractivity contribution in [2.75, 3.05) is 32.0 Å². The maximum absolute atomic E-state index is 12.5. The number of anilines is 3. The Kier molecular flexibility index (Phi) is 6.13. The molecule has 2 aromatic carbocycles. The predicted molar refractivity (Wildman–Crippen MR) is 111 cm³/mol. The van der Waals surface area contributed by atoms with Gasteiger partial charge in [-0.25, -0.2) is 0 Å². The Balaban J connectivity index is 1.73. The van der Waals surface area contributed by atoms with Gasteiger partial charge in [0.15, 0.2) is 11.5 Å². The Morgan fingerprint density at radius 1 is 0.828 bits per heavy atom. The molecule has 8 heteroatoms. The van der Waals surface area contributed by atoms with Crippen molar-refractivity contribution in [3.05, 3.63) is 59.8 Å². The number of carbonyl (C=O) groups excluding carboxylic acids is 1. The lowest BCUT2D eigenvalue weighted by atomic mass is 10.2. The van der Waals surface area contributed by atoms with Crippen LogP contribution in [0.1, 0.15) is 16.1 Å². The van der Waals surface area contributed by atoms with E-state index in [1.807, 2.05) is 25.1 Å². The Morgan fingerprint density at radius 3 is 2.28 bits per heavy atom. The highest BCUT2D eigenvalue weighted by atomic mass is 16.5. The summed E-state index contributed by atoms with van der Waals surface area (Å²) in [5, 5.41) is 14.0. The first-order valence-corrected chi connectivity index (χ1v) is 8.83. The summed E-state index contributed by atoms with van der Waals surface area (Å²) in [5.74, 6) is 1.94. The first-order chi connectivity index (χ1) is 14.0. The first kappa shape index (κ1) is 19.9. The molecule has 29 heavy (non-hydrogen) atoms. The van der Waals surface area contributed by atoms with Crippen molar-refractivity contribution in [2.45, 2.75) is 6.92 Å².